The van der Waals surface area contributed by atoms with Crippen LogP contribution in [-0.4, -0.2) is 52.2 Å². The molecule has 0 unspecified atom stereocenters. The summed E-state index contributed by atoms with van der Waals surface area (Å²) in [6.07, 6.45) is 4.04. The number of hydroxylamine groups is 1. The maximum absolute atomic E-state index is 11.4. The van der Waals surface area contributed by atoms with Crippen LogP contribution in [0.15, 0.2) is 42.0 Å². The van der Waals surface area contributed by atoms with Crippen molar-refractivity contribution in [3.63, 3.8) is 0 Å². The smallest absolute Gasteiger partial charge is 0.277 e. The minimum atomic E-state index is -0.597. The predicted molar refractivity (Wildman–Crippen MR) is 115 cm³/mol. The van der Waals surface area contributed by atoms with Gasteiger partial charge in [-0.2, -0.15) is 0 Å². The van der Waals surface area contributed by atoms with Crippen molar-refractivity contribution in [2.75, 3.05) is 31.1 Å². The highest BCUT2D eigenvalue weighted by Crippen LogP contribution is 2.41. The zero-order valence-corrected chi connectivity index (χ0v) is 17.4. The molecule has 29 heavy (non-hydrogen) atoms. The number of anilines is 1. The van der Waals surface area contributed by atoms with Crippen LogP contribution in [0.5, 0.6) is 0 Å². The van der Waals surface area contributed by atoms with Crippen molar-refractivity contribution in [1.82, 2.24) is 20.3 Å². The Hall–Kier alpha value is -2.26. The van der Waals surface area contributed by atoms with E-state index >= 15 is 0 Å². The normalized spacial score (nSPS) is 17.9. The number of amides is 1. The average molecular weight is 432 g/mol. The number of benzene rings is 1. The molecule has 2 aliphatic rings. The highest BCUT2D eigenvalue weighted by molar-refractivity contribution is 7.17. The molecule has 2 aromatic heterocycles. The molecule has 5 rings (SSSR count). The molecule has 0 atom stereocenters. The number of rotatable bonds is 4. The first-order valence-corrected chi connectivity index (χ1v) is 10.2. The van der Waals surface area contributed by atoms with Crippen molar-refractivity contribution in [2.24, 2.45) is 5.41 Å². The number of nitrogens with zero attached hydrogens (tertiary/aromatic N) is 4. The van der Waals surface area contributed by atoms with Gasteiger partial charge in [0.1, 0.15) is 0 Å². The Morgan fingerprint density at radius 3 is 2.72 bits per heavy atom. The Bertz CT molecular complexity index is 1020. The molecule has 0 saturated carbocycles. The van der Waals surface area contributed by atoms with Gasteiger partial charge in [0.2, 0.25) is 5.95 Å². The zero-order valence-electron chi connectivity index (χ0n) is 15.7. The average Bonchev–Trinajstić information content (AvgIpc) is 3.33. The van der Waals surface area contributed by atoms with Gasteiger partial charge in [-0.3, -0.25) is 14.9 Å². The molecule has 0 radical (unpaired) electrons. The number of hydrogen-bond donors (Lipinski definition) is 2. The lowest BCUT2D eigenvalue weighted by atomic mass is 9.79. The lowest BCUT2D eigenvalue weighted by Crippen LogP contribution is -2.56. The molecule has 7 nitrogen and oxygen atoms in total. The van der Waals surface area contributed by atoms with Crippen LogP contribution in [0.3, 0.4) is 0 Å². The highest BCUT2D eigenvalue weighted by Gasteiger charge is 2.48. The Morgan fingerprint density at radius 1 is 1.21 bits per heavy atom. The third kappa shape index (κ3) is 3.69. The molecule has 1 amide bonds. The minimum Gasteiger partial charge on any atom is -0.340 e. The molecule has 2 N–H and O–H groups in total. The van der Waals surface area contributed by atoms with Crippen molar-refractivity contribution in [1.29, 1.82) is 0 Å². The third-order valence-corrected chi connectivity index (χ3v) is 6.81. The number of likely N-dealkylation sites (tertiary alicyclic amines) is 1. The van der Waals surface area contributed by atoms with E-state index in [9.17, 15) is 4.79 Å². The summed E-state index contributed by atoms with van der Waals surface area (Å²) in [5, 5.41) is 12.3. The maximum atomic E-state index is 11.4. The van der Waals surface area contributed by atoms with Gasteiger partial charge in [0, 0.05) is 55.2 Å². The van der Waals surface area contributed by atoms with Crippen LogP contribution in [0, 0.1) is 5.41 Å². The number of carbonyl (C=O) groups is 1. The van der Waals surface area contributed by atoms with E-state index in [2.05, 4.69) is 49.4 Å². The van der Waals surface area contributed by atoms with Crippen LogP contribution in [0.2, 0.25) is 0 Å². The zero-order chi connectivity index (χ0) is 19.1. The van der Waals surface area contributed by atoms with Crippen LogP contribution in [0.25, 0.3) is 10.1 Å². The first kappa shape index (κ1) is 20.0. The van der Waals surface area contributed by atoms with Crippen molar-refractivity contribution in [3.05, 3.63) is 53.2 Å². The minimum absolute atomic E-state index is 0. The molecule has 2 saturated heterocycles. The van der Waals surface area contributed by atoms with E-state index < -0.39 is 5.91 Å². The van der Waals surface area contributed by atoms with Crippen molar-refractivity contribution >= 4 is 45.7 Å². The van der Waals surface area contributed by atoms with E-state index in [1.807, 2.05) is 11.3 Å². The van der Waals surface area contributed by atoms with Gasteiger partial charge in [0.15, 0.2) is 0 Å². The van der Waals surface area contributed by atoms with Crippen molar-refractivity contribution in [2.45, 2.75) is 13.0 Å². The predicted octanol–water partition coefficient (Wildman–Crippen LogP) is 2.94. The summed E-state index contributed by atoms with van der Waals surface area (Å²) < 4.78 is 1.36. The van der Waals surface area contributed by atoms with Gasteiger partial charge in [-0.25, -0.2) is 15.4 Å². The van der Waals surface area contributed by atoms with Gasteiger partial charge < -0.3 is 4.90 Å². The standard InChI is InChI=1S/C20H21N5O2S.ClH/c26-18(23-27)14-7-21-19(22-8-14)25-6-5-20(13-25)11-24(12-20)9-15-10-28-17-4-2-1-3-16(15)17;/h1-4,7-8,10,27H,5-6,9,11-13H2,(H,23,26);1H. The van der Waals surface area contributed by atoms with Gasteiger partial charge >= 0.3 is 0 Å². The van der Waals surface area contributed by atoms with Gasteiger partial charge in [0.05, 0.1) is 5.56 Å². The summed E-state index contributed by atoms with van der Waals surface area (Å²) in [5.74, 6) is 0.0497. The van der Waals surface area contributed by atoms with E-state index in [-0.39, 0.29) is 18.0 Å². The van der Waals surface area contributed by atoms with Crippen LogP contribution < -0.4 is 10.4 Å². The summed E-state index contributed by atoms with van der Waals surface area (Å²) in [4.78, 5) is 24.7. The van der Waals surface area contributed by atoms with Crippen LogP contribution in [0.4, 0.5) is 5.95 Å². The molecule has 0 bridgehead atoms. The summed E-state index contributed by atoms with van der Waals surface area (Å²) in [5.41, 5.74) is 3.58. The number of halogens is 1. The van der Waals surface area contributed by atoms with Crippen molar-refractivity contribution in [3.8, 4) is 0 Å². The van der Waals surface area contributed by atoms with Crippen LogP contribution in [0.1, 0.15) is 22.3 Å². The second-order valence-electron chi connectivity index (χ2n) is 7.79. The number of nitrogens with one attached hydrogen (secondary N) is 1. The summed E-state index contributed by atoms with van der Waals surface area (Å²) in [6, 6.07) is 8.61. The highest BCUT2D eigenvalue weighted by atomic mass is 35.5. The number of thiophene rings is 1. The van der Waals surface area contributed by atoms with Gasteiger partial charge in [-0.1, -0.05) is 18.2 Å². The first-order valence-electron chi connectivity index (χ1n) is 9.35. The Morgan fingerprint density at radius 2 is 1.97 bits per heavy atom. The quantitative estimate of drug-likeness (QED) is 0.488. The molecule has 3 aromatic rings. The molecular formula is C20H22ClN5O2S. The Kier molecular flexibility index (Phi) is 5.44. The van der Waals surface area contributed by atoms with E-state index in [0.29, 0.717) is 11.4 Å². The molecular weight excluding hydrogens is 410 g/mol. The van der Waals surface area contributed by atoms with Crippen LogP contribution >= 0.6 is 23.7 Å². The fraction of sp³-hybridized carbons (Fsp3) is 0.350. The summed E-state index contributed by atoms with van der Waals surface area (Å²) in [6.45, 7) is 5.07. The van der Waals surface area contributed by atoms with E-state index in [4.69, 9.17) is 5.21 Å². The number of hydrogen-bond acceptors (Lipinski definition) is 7. The van der Waals surface area contributed by atoms with Crippen LogP contribution in [-0.2, 0) is 6.54 Å². The molecule has 9 heteroatoms. The number of fused-ring (bicyclic) bond motifs is 1. The largest absolute Gasteiger partial charge is 0.340 e. The Labute approximate surface area is 178 Å². The lowest BCUT2D eigenvalue weighted by molar-refractivity contribution is 0.0120. The molecule has 1 spiro atoms. The van der Waals surface area contributed by atoms with E-state index in [1.54, 1.807) is 5.48 Å². The molecule has 2 fully saturated rings. The third-order valence-electron chi connectivity index (χ3n) is 5.80. The SMILES string of the molecule is Cl.O=C(NO)c1cnc(N2CCC3(CN(Cc4csc5ccccc45)C3)C2)nc1. The Balaban J connectivity index is 0.00000205. The van der Waals surface area contributed by atoms with Gasteiger partial charge in [-0.05, 0) is 28.8 Å². The first-order chi connectivity index (χ1) is 13.7. The van der Waals surface area contributed by atoms with Gasteiger partial charge in [-0.15, -0.1) is 23.7 Å². The summed E-state index contributed by atoms with van der Waals surface area (Å²) in [7, 11) is 0. The molecule has 0 aliphatic carbocycles. The summed E-state index contributed by atoms with van der Waals surface area (Å²) >= 11 is 1.82. The molecule has 1 aromatic carbocycles. The van der Waals surface area contributed by atoms with E-state index in [1.165, 1.54) is 28.0 Å². The van der Waals surface area contributed by atoms with Gasteiger partial charge in [0.25, 0.3) is 5.91 Å². The number of carbonyl (C=O) groups excluding carboxylic acids is 1. The number of aromatic nitrogens is 2. The monoisotopic (exact) mass is 431 g/mol. The second-order valence-corrected chi connectivity index (χ2v) is 8.70. The second kappa shape index (κ2) is 7.87. The van der Waals surface area contributed by atoms with E-state index in [0.717, 1.165) is 39.1 Å². The lowest BCUT2D eigenvalue weighted by Gasteiger charge is -2.48. The fourth-order valence-corrected chi connectivity index (χ4v) is 5.39. The maximum Gasteiger partial charge on any atom is 0.277 e. The topological polar surface area (TPSA) is 81.6 Å². The molecule has 4 heterocycles. The molecule has 152 valence electrons. The molecule has 2 aliphatic heterocycles. The van der Waals surface area contributed by atoms with Crippen molar-refractivity contribution < 1.29 is 10.0 Å². The fourth-order valence-electron chi connectivity index (χ4n) is 4.44.